The quantitative estimate of drug-likeness (QED) is 0.879. The summed E-state index contributed by atoms with van der Waals surface area (Å²) in [6.07, 6.45) is 2.85. The highest BCUT2D eigenvalue weighted by Gasteiger charge is 2.07. The summed E-state index contributed by atoms with van der Waals surface area (Å²) in [4.78, 5) is 4.37. The van der Waals surface area contributed by atoms with Crippen molar-refractivity contribution in [3.63, 3.8) is 0 Å². The summed E-state index contributed by atoms with van der Waals surface area (Å²) >= 11 is 0. The number of fused-ring (bicyclic) bond motifs is 1. The van der Waals surface area contributed by atoms with Crippen molar-refractivity contribution in [3.8, 4) is 5.88 Å². The standard InChI is InChI=1S/C15H20N2O/c1-11(2)7-8-18-15-14-6-4-3-5-13(14)12(9-16)10-17-15/h3-6,10-11H,7-9,16H2,1-2H3. The van der Waals surface area contributed by atoms with Crippen LogP contribution >= 0.6 is 0 Å². The first-order chi connectivity index (χ1) is 8.72. The van der Waals surface area contributed by atoms with E-state index in [9.17, 15) is 0 Å². The molecule has 0 radical (unpaired) electrons. The van der Waals surface area contributed by atoms with Gasteiger partial charge in [0.2, 0.25) is 5.88 Å². The van der Waals surface area contributed by atoms with Crippen molar-refractivity contribution in [2.75, 3.05) is 6.61 Å². The lowest BCUT2D eigenvalue weighted by Crippen LogP contribution is -2.05. The predicted octanol–water partition coefficient (Wildman–Crippen LogP) is 3.12. The van der Waals surface area contributed by atoms with Crippen LogP contribution in [-0.2, 0) is 6.54 Å². The fourth-order valence-corrected chi connectivity index (χ4v) is 1.89. The first-order valence-electron chi connectivity index (χ1n) is 6.42. The van der Waals surface area contributed by atoms with Crippen LogP contribution < -0.4 is 10.5 Å². The van der Waals surface area contributed by atoms with E-state index in [1.807, 2.05) is 24.4 Å². The van der Waals surface area contributed by atoms with Crippen molar-refractivity contribution < 1.29 is 4.74 Å². The monoisotopic (exact) mass is 244 g/mol. The lowest BCUT2D eigenvalue weighted by molar-refractivity contribution is 0.283. The van der Waals surface area contributed by atoms with E-state index in [0.717, 1.165) is 22.8 Å². The average Bonchev–Trinajstić information content (AvgIpc) is 2.38. The molecule has 0 saturated carbocycles. The van der Waals surface area contributed by atoms with E-state index in [2.05, 4.69) is 24.9 Å². The van der Waals surface area contributed by atoms with Gasteiger partial charge in [0, 0.05) is 18.1 Å². The van der Waals surface area contributed by atoms with Crippen molar-refractivity contribution in [2.24, 2.45) is 11.7 Å². The second kappa shape index (κ2) is 5.83. The van der Waals surface area contributed by atoms with Crippen LogP contribution in [0.5, 0.6) is 5.88 Å². The molecule has 0 aliphatic heterocycles. The minimum absolute atomic E-state index is 0.500. The van der Waals surface area contributed by atoms with Gasteiger partial charge in [0.25, 0.3) is 0 Å². The average molecular weight is 244 g/mol. The molecule has 3 heteroatoms. The Labute approximate surface area is 108 Å². The number of ether oxygens (including phenoxy) is 1. The molecule has 1 aromatic carbocycles. The lowest BCUT2D eigenvalue weighted by atomic mass is 10.1. The predicted molar refractivity (Wildman–Crippen MR) is 74.6 cm³/mol. The van der Waals surface area contributed by atoms with Gasteiger partial charge in [0.05, 0.1) is 6.61 Å². The third-order valence-corrected chi connectivity index (χ3v) is 2.99. The van der Waals surface area contributed by atoms with Crippen molar-refractivity contribution in [2.45, 2.75) is 26.8 Å². The number of benzene rings is 1. The molecule has 1 aromatic heterocycles. The van der Waals surface area contributed by atoms with Gasteiger partial charge >= 0.3 is 0 Å². The van der Waals surface area contributed by atoms with Gasteiger partial charge in [-0.1, -0.05) is 32.0 Å². The molecular weight excluding hydrogens is 224 g/mol. The Bertz CT molecular complexity index is 523. The molecule has 18 heavy (non-hydrogen) atoms. The maximum Gasteiger partial charge on any atom is 0.221 e. The number of hydrogen-bond acceptors (Lipinski definition) is 3. The van der Waals surface area contributed by atoms with Crippen molar-refractivity contribution in [3.05, 3.63) is 36.0 Å². The van der Waals surface area contributed by atoms with Gasteiger partial charge in [-0.15, -0.1) is 0 Å². The third kappa shape index (κ3) is 2.79. The van der Waals surface area contributed by atoms with Crippen LogP contribution in [0.4, 0.5) is 0 Å². The van der Waals surface area contributed by atoms with Crippen molar-refractivity contribution in [1.29, 1.82) is 0 Å². The first kappa shape index (κ1) is 12.8. The van der Waals surface area contributed by atoms with Gasteiger partial charge in [-0.25, -0.2) is 4.98 Å². The number of rotatable bonds is 5. The minimum atomic E-state index is 0.500. The molecule has 0 atom stereocenters. The van der Waals surface area contributed by atoms with Crippen LogP contribution in [0, 0.1) is 5.92 Å². The molecule has 0 aliphatic rings. The molecule has 0 bridgehead atoms. The SMILES string of the molecule is CC(C)CCOc1ncc(CN)c2ccccc12. The fraction of sp³-hybridized carbons (Fsp3) is 0.400. The molecule has 0 amide bonds. The topological polar surface area (TPSA) is 48.1 Å². The zero-order chi connectivity index (χ0) is 13.0. The Morgan fingerprint density at radius 2 is 1.94 bits per heavy atom. The summed E-state index contributed by atoms with van der Waals surface area (Å²) in [5.74, 6) is 1.35. The molecule has 0 spiro atoms. The Hall–Kier alpha value is -1.61. The highest BCUT2D eigenvalue weighted by molar-refractivity contribution is 5.89. The smallest absolute Gasteiger partial charge is 0.221 e. The molecule has 3 nitrogen and oxygen atoms in total. The summed E-state index contributed by atoms with van der Waals surface area (Å²) in [6.45, 7) is 5.58. The van der Waals surface area contributed by atoms with E-state index >= 15 is 0 Å². The second-order valence-electron chi connectivity index (χ2n) is 4.87. The van der Waals surface area contributed by atoms with Gasteiger partial charge in [0.15, 0.2) is 0 Å². The summed E-state index contributed by atoms with van der Waals surface area (Å²) in [5.41, 5.74) is 6.78. The fourth-order valence-electron chi connectivity index (χ4n) is 1.89. The third-order valence-electron chi connectivity index (χ3n) is 2.99. The number of pyridine rings is 1. The van der Waals surface area contributed by atoms with Crippen molar-refractivity contribution in [1.82, 2.24) is 4.98 Å². The summed E-state index contributed by atoms with van der Waals surface area (Å²) < 4.78 is 5.78. The molecule has 2 aromatic rings. The normalized spacial score (nSPS) is 11.1. The Kier molecular flexibility index (Phi) is 4.15. The van der Waals surface area contributed by atoms with Gasteiger partial charge in [-0.05, 0) is 29.4 Å². The number of aromatic nitrogens is 1. The van der Waals surface area contributed by atoms with Crippen LogP contribution in [0.3, 0.4) is 0 Å². The van der Waals surface area contributed by atoms with Gasteiger partial charge in [0.1, 0.15) is 0 Å². The van der Waals surface area contributed by atoms with Crippen LogP contribution in [0.15, 0.2) is 30.5 Å². The van der Waals surface area contributed by atoms with E-state index in [4.69, 9.17) is 10.5 Å². The maximum absolute atomic E-state index is 5.78. The molecule has 0 saturated heterocycles. The second-order valence-corrected chi connectivity index (χ2v) is 4.87. The van der Waals surface area contributed by atoms with Crippen LogP contribution in [0.2, 0.25) is 0 Å². The molecule has 0 fully saturated rings. The summed E-state index contributed by atoms with van der Waals surface area (Å²) in [6, 6.07) is 8.11. The van der Waals surface area contributed by atoms with E-state index < -0.39 is 0 Å². The van der Waals surface area contributed by atoms with E-state index in [-0.39, 0.29) is 0 Å². The zero-order valence-corrected chi connectivity index (χ0v) is 11.0. The van der Waals surface area contributed by atoms with Gasteiger partial charge < -0.3 is 10.5 Å². The first-order valence-corrected chi connectivity index (χ1v) is 6.42. The van der Waals surface area contributed by atoms with Crippen molar-refractivity contribution >= 4 is 10.8 Å². The number of hydrogen-bond donors (Lipinski definition) is 1. The van der Waals surface area contributed by atoms with E-state index in [1.165, 1.54) is 0 Å². The van der Waals surface area contributed by atoms with E-state index in [0.29, 0.717) is 24.9 Å². The Morgan fingerprint density at radius 3 is 2.61 bits per heavy atom. The zero-order valence-electron chi connectivity index (χ0n) is 11.0. The highest BCUT2D eigenvalue weighted by atomic mass is 16.5. The molecule has 2 N–H and O–H groups in total. The summed E-state index contributed by atoms with van der Waals surface area (Å²) in [7, 11) is 0. The van der Waals surface area contributed by atoms with Gasteiger partial charge in [-0.2, -0.15) is 0 Å². The van der Waals surface area contributed by atoms with Crippen LogP contribution in [0.1, 0.15) is 25.8 Å². The Morgan fingerprint density at radius 1 is 1.22 bits per heavy atom. The molecule has 1 heterocycles. The molecule has 96 valence electrons. The largest absolute Gasteiger partial charge is 0.477 e. The maximum atomic E-state index is 5.78. The highest BCUT2D eigenvalue weighted by Crippen LogP contribution is 2.26. The molecular formula is C15H20N2O. The Balaban J connectivity index is 2.28. The van der Waals surface area contributed by atoms with Gasteiger partial charge in [-0.3, -0.25) is 0 Å². The van der Waals surface area contributed by atoms with Crippen LogP contribution in [-0.4, -0.2) is 11.6 Å². The number of nitrogens with two attached hydrogens (primary N) is 1. The minimum Gasteiger partial charge on any atom is -0.477 e. The lowest BCUT2D eigenvalue weighted by Gasteiger charge is -2.11. The van der Waals surface area contributed by atoms with Crippen LogP contribution in [0.25, 0.3) is 10.8 Å². The van der Waals surface area contributed by atoms with E-state index in [1.54, 1.807) is 0 Å². The molecule has 2 rings (SSSR count). The molecule has 0 unspecified atom stereocenters. The summed E-state index contributed by atoms with van der Waals surface area (Å²) in [5, 5.41) is 2.18. The number of nitrogens with zero attached hydrogens (tertiary/aromatic N) is 1. The molecule has 0 aliphatic carbocycles.